The number of carbonyl (C=O) groups is 1. The molecule has 9 heteroatoms. The molecule has 1 aromatic heterocycles. The zero-order valence-corrected chi connectivity index (χ0v) is 16.9. The second-order valence-electron chi connectivity index (χ2n) is 7.07. The van der Waals surface area contributed by atoms with E-state index in [9.17, 15) is 13.2 Å². The van der Waals surface area contributed by atoms with Crippen LogP contribution in [0.5, 0.6) is 0 Å². The van der Waals surface area contributed by atoms with Gasteiger partial charge in [-0.25, -0.2) is 8.42 Å². The van der Waals surface area contributed by atoms with Crippen LogP contribution in [-0.2, 0) is 14.8 Å². The molecule has 1 N–H and O–H groups in total. The van der Waals surface area contributed by atoms with Gasteiger partial charge in [-0.3, -0.25) is 15.0 Å². The average Bonchev–Trinajstić information content (AvgIpc) is 3.12. The van der Waals surface area contributed by atoms with Crippen molar-refractivity contribution in [2.45, 2.75) is 11.8 Å². The fourth-order valence-electron chi connectivity index (χ4n) is 3.41. The lowest BCUT2D eigenvalue weighted by Gasteiger charge is -2.33. The van der Waals surface area contributed by atoms with E-state index >= 15 is 0 Å². The molecule has 29 heavy (non-hydrogen) atoms. The molecule has 152 valence electrons. The highest BCUT2D eigenvalue weighted by Crippen LogP contribution is 2.22. The number of hydrogen-bond acceptors (Lipinski definition) is 6. The SMILES string of the molecule is Cc1cc(NC(=O)CN2CCN(S(=O)(=O)c3ccc4ccccc4c3)CC2)on1. The molecule has 0 unspecified atom stereocenters. The number of benzene rings is 2. The lowest BCUT2D eigenvalue weighted by molar-refractivity contribution is -0.117. The number of rotatable bonds is 5. The summed E-state index contributed by atoms with van der Waals surface area (Å²) in [4.78, 5) is 14.4. The Bertz CT molecular complexity index is 1130. The Kier molecular flexibility index (Phi) is 5.35. The summed E-state index contributed by atoms with van der Waals surface area (Å²) in [6, 6.07) is 14.5. The van der Waals surface area contributed by atoms with Gasteiger partial charge in [-0.2, -0.15) is 4.31 Å². The number of piperazine rings is 1. The third kappa shape index (κ3) is 4.31. The molecule has 3 aromatic rings. The highest BCUT2D eigenvalue weighted by molar-refractivity contribution is 7.89. The van der Waals surface area contributed by atoms with Crippen molar-refractivity contribution in [3.63, 3.8) is 0 Å². The van der Waals surface area contributed by atoms with Crippen LogP contribution in [0.15, 0.2) is 57.9 Å². The molecule has 1 aliphatic rings. The van der Waals surface area contributed by atoms with E-state index < -0.39 is 10.0 Å². The minimum absolute atomic E-state index is 0.170. The van der Waals surface area contributed by atoms with E-state index in [1.165, 1.54) is 4.31 Å². The van der Waals surface area contributed by atoms with E-state index in [1.54, 1.807) is 25.1 Å². The molecular weight excluding hydrogens is 392 g/mol. The summed E-state index contributed by atoms with van der Waals surface area (Å²) in [5, 5.41) is 8.28. The summed E-state index contributed by atoms with van der Waals surface area (Å²) in [5.41, 5.74) is 0.688. The number of aromatic nitrogens is 1. The Hall–Kier alpha value is -2.75. The van der Waals surface area contributed by atoms with Crippen molar-refractivity contribution < 1.29 is 17.7 Å². The highest BCUT2D eigenvalue weighted by Gasteiger charge is 2.29. The number of fused-ring (bicyclic) bond motifs is 1. The zero-order valence-electron chi connectivity index (χ0n) is 16.0. The van der Waals surface area contributed by atoms with Crippen molar-refractivity contribution in [1.29, 1.82) is 0 Å². The largest absolute Gasteiger partial charge is 0.338 e. The number of nitrogens with one attached hydrogen (secondary N) is 1. The van der Waals surface area contributed by atoms with Crippen LogP contribution in [0.1, 0.15) is 5.69 Å². The lowest BCUT2D eigenvalue weighted by atomic mass is 10.1. The Balaban J connectivity index is 1.37. The molecule has 1 fully saturated rings. The Labute approximate surface area is 169 Å². The van der Waals surface area contributed by atoms with E-state index in [1.807, 2.05) is 35.2 Å². The first kappa shape index (κ1) is 19.6. The number of amides is 1. The zero-order chi connectivity index (χ0) is 20.4. The molecule has 4 rings (SSSR count). The first-order chi connectivity index (χ1) is 13.9. The molecule has 2 heterocycles. The smallest absolute Gasteiger partial charge is 0.243 e. The molecule has 0 bridgehead atoms. The maximum absolute atomic E-state index is 13.0. The van der Waals surface area contributed by atoms with Crippen molar-refractivity contribution in [2.75, 3.05) is 38.0 Å². The molecule has 2 aromatic carbocycles. The van der Waals surface area contributed by atoms with Gasteiger partial charge in [-0.05, 0) is 29.8 Å². The molecule has 0 radical (unpaired) electrons. The number of aryl methyl sites for hydroxylation is 1. The van der Waals surface area contributed by atoms with Crippen LogP contribution in [0.2, 0.25) is 0 Å². The highest BCUT2D eigenvalue weighted by atomic mass is 32.2. The number of carbonyl (C=O) groups excluding carboxylic acids is 1. The summed E-state index contributed by atoms with van der Waals surface area (Å²) < 4.78 is 32.5. The third-order valence-corrected chi connectivity index (χ3v) is 6.84. The normalized spacial score (nSPS) is 16.2. The molecule has 0 spiro atoms. The van der Waals surface area contributed by atoms with Gasteiger partial charge in [0.25, 0.3) is 0 Å². The number of nitrogens with zero attached hydrogens (tertiary/aromatic N) is 3. The second-order valence-corrected chi connectivity index (χ2v) is 9.01. The van der Waals surface area contributed by atoms with E-state index in [2.05, 4.69) is 10.5 Å². The number of anilines is 1. The fourth-order valence-corrected chi connectivity index (χ4v) is 4.87. The first-order valence-electron chi connectivity index (χ1n) is 9.36. The molecule has 1 amide bonds. The fraction of sp³-hybridized carbons (Fsp3) is 0.300. The molecule has 0 saturated carbocycles. The summed E-state index contributed by atoms with van der Waals surface area (Å²) >= 11 is 0. The molecule has 1 aliphatic heterocycles. The monoisotopic (exact) mass is 414 g/mol. The molecule has 0 aliphatic carbocycles. The van der Waals surface area contributed by atoms with Crippen molar-refractivity contribution in [3.8, 4) is 0 Å². The third-order valence-electron chi connectivity index (χ3n) is 4.95. The van der Waals surface area contributed by atoms with Gasteiger partial charge in [0.15, 0.2) is 0 Å². The van der Waals surface area contributed by atoms with Gasteiger partial charge in [0.1, 0.15) is 0 Å². The predicted molar refractivity (Wildman–Crippen MR) is 109 cm³/mol. The maximum Gasteiger partial charge on any atom is 0.243 e. The molecular formula is C20H22N4O4S. The van der Waals surface area contributed by atoms with Crippen LogP contribution in [0.4, 0.5) is 5.88 Å². The maximum atomic E-state index is 13.0. The Morgan fingerprint density at radius 1 is 1.07 bits per heavy atom. The predicted octanol–water partition coefficient (Wildman–Crippen LogP) is 2.08. The average molecular weight is 414 g/mol. The van der Waals surface area contributed by atoms with E-state index in [4.69, 9.17) is 4.52 Å². The van der Waals surface area contributed by atoms with Crippen LogP contribution < -0.4 is 5.32 Å². The van der Waals surface area contributed by atoms with Crippen LogP contribution in [0.3, 0.4) is 0 Å². The van der Waals surface area contributed by atoms with Crippen molar-refractivity contribution in [3.05, 3.63) is 54.2 Å². The molecule has 0 atom stereocenters. The number of sulfonamides is 1. The van der Waals surface area contributed by atoms with E-state index in [-0.39, 0.29) is 12.5 Å². The van der Waals surface area contributed by atoms with Gasteiger partial charge in [0, 0.05) is 32.2 Å². The minimum atomic E-state index is -3.57. The van der Waals surface area contributed by atoms with Crippen molar-refractivity contribution in [1.82, 2.24) is 14.4 Å². The quantitative estimate of drug-likeness (QED) is 0.687. The number of hydrogen-bond donors (Lipinski definition) is 1. The van der Waals surface area contributed by atoms with Crippen molar-refractivity contribution >= 4 is 32.6 Å². The lowest BCUT2D eigenvalue weighted by Crippen LogP contribution is -2.50. The van der Waals surface area contributed by atoms with Crippen LogP contribution >= 0.6 is 0 Å². The topological polar surface area (TPSA) is 95.8 Å². The van der Waals surface area contributed by atoms with Crippen LogP contribution in [0.25, 0.3) is 10.8 Å². The van der Waals surface area contributed by atoms with Gasteiger partial charge in [-0.15, -0.1) is 0 Å². The van der Waals surface area contributed by atoms with Crippen LogP contribution in [-0.4, -0.2) is 61.4 Å². The summed E-state index contributed by atoms with van der Waals surface area (Å²) in [7, 11) is -3.57. The molecule has 8 nitrogen and oxygen atoms in total. The standard InChI is InChI=1S/C20H22N4O4S/c1-15-12-20(28-22-15)21-19(25)14-23-8-10-24(11-9-23)29(26,27)18-7-6-16-4-2-3-5-17(16)13-18/h2-7,12-13H,8-11,14H2,1H3,(H,21,25). The van der Waals surface area contributed by atoms with Gasteiger partial charge in [-0.1, -0.05) is 35.5 Å². The Morgan fingerprint density at radius 2 is 1.79 bits per heavy atom. The second kappa shape index (κ2) is 7.94. The molecule has 1 saturated heterocycles. The van der Waals surface area contributed by atoms with Gasteiger partial charge in [0.05, 0.1) is 17.1 Å². The summed E-state index contributed by atoms with van der Waals surface area (Å²) in [6.07, 6.45) is 0. The minimum Gasteiger partial charge on any atom is -0.338 e. The summed E-state index contributed by atoms with van der Waals surface area (Å²) in [5.74, 6) is 0.0944. The first-order valence-corrected chi connectivity index (χ1v) is 10.8. The van der Waals surface area contributed by atoms with E-state index in [0.717, 1.165) is 10.8 Å². The van der Waals surface area contributed by atoms with Gasteiger partial charge in [0.2, 0.25) is 21.8 Å². The summed E-state index contributed by atoms with van der Waals surface area (Å²) in [6.45, 7) is 3.58. The van der Waals surface area contributed by atoms with E-state index in [0.29, 0.717) is 42.7 Å². The van der Waals surface area contributed by atoms with Crippen molar-refractivity contribution in [2.24, 2.45) is 0 Å². The Morgan fingerprint density at radius 3 is 2.48 bits per heavy atom. The van der Waals surface area contributed by atoms with Gasteiger partial charge < -0.3 is 4.52 Å². The van der Waals surface area contributed by atoms with Crippen LogP contribution in [0, 0.1) is 6.92 Å². The van der Waals surface area contributed by atoms with Gasteiger partial charge >= 0.3 is 0 Å².